The molecule has 1 aliphatic rings. The van der Waals surface area contributed by atoms with Crippen LogP contribution in [0.5, 0.6) is 0 Å². The summed E-state index contributed by atoms with van der Waals surface area (Å²) in [7, 11) is 0. The van der Waals surface area contributed by atoms with Gasteiger partial charge in [0, 0.05) is 28.1 Å². The molecule has 0 unspecified atom stereocenters. The van der Waals surface area contributed by atoms with E-state index in [0.29, 0.717) is 0 Å². The topological polar surface area (TPSA) is 81.9 Å². The van der Waals surface area contributed by atoms with E-state index in [1.54, 1.807) is 35.2 Å². The zero-order chi connectivity index (χ0) is 18.7. The molecule has 1 atom stereocenters. The number of rotatable bonds is 3. The Morgan fingerprint density at radius 2 is 2.14 bits per heavy atom. The Bertz CT molecular complexity index is 1280. The molecule has 0 aromatic carbocycles. The number of nitrogens with zero attached hydrogens (tertiary/aromatic N) is 4. The van der Waals surface area contributed by atoms with Crippen molar-refractivity contribution in [3.05, 3.63) is 30.2 Å². The first-order valence-electron chi connectivity index (χ1n) is 9.37. The van der Waals surface area contributed by atoms with Crippen LogP contribution in [-0.2, 0) is 11.2 Å². The zero-order valence-electron chi connectivity index (χ0n) is 14.9. The van der Waals surface area contributed by atoms with Crippen molar-refractivity contribution in [2.45, 2.75) is 41.6 Å². The molecule has 0 saturated heterocycles. The quantitative estimate of drug-likeness (QED) is 0.411. The Hall–Kier alpha value is -1.94. The zero-order valence-corrected chi connectivity index (χ0v) is 17.4. The molecular weight excluding hydrogens is 410 g/mol. The van der Waals surface area contributed by atoms with Crippen molar-refractivity contribution in [2.24, 2.45) is 0 Å². The Labute approximate surface area is 171 Å². The van der Waals surface area contributed by atoms with Crippen molar-refractivity contribution >= 4 is 60.5 Å². The van der Waals surface area contributed by atoms with Crippen LogP contribution in [0.4, 0.5) is 0 Å². The van der Waals surface area contributed by atoms with Gasteiger partial charge in [0.2, 0.25) is 4.21 Å². The predicted octanol–water partition coefficient (Wildman–Crippen LogP) is 4.99. The maximum atomic E-state index is 13.5. The molecule has 0 amide bonds. The lowest BCUT2D eigenvalue weighted by molar-refractivity contribution is 0.484. The summed E-state index contributed by atoms with van der Waals surface area (Å²) in [5, 5.41) is 8.65. The molecule has 0 bridgehead atoms. The van der Waals surface area contributed by atoms with Gasteiger partial charge in [-0.3, -0.25) is 5.10 Å². The maximum absolute atomic E-state index is 13.5. The maximum Gasteiger partial charge on any atom is 0.234 e. The number of fused-ring (bicyclic) bond motifs is 2. The van der Waals surface area contributed by atoms with Crippen LogP contribution >= 0.6 is 22.7 Å². The van der Waals surface area contributed by atoms with E-state index in [-0.39, 0.29) is 5.25 Å². The van der Waals surface area contributed by atoms with Crippen LogP contribution < -0.4 is 0 Å². The van der Waals surface area contributed by atoms with Crippen LogP contribution in [0.1, 0.15) is 32.1 Å². The fraction of sp³-hybridized carbons (Fsp3) is 0.316. The molecule has 28 heavy (non-hydrogen) atoms. The molecule has 0 spiro atoms. The van der Waals surface area contributed by atoms with E-state index in [1.165, 1.54) is 19.3 Å². The summed E-state index contributed by atoms with van der Waals surface area (Å²) >= 11 is 2.11. The van der Waals surface area contributed by atoms with Gasteiger partial charge in [-0.05, 0) is 31.7 Å². The fourth-order valence-electron chi connectivity index (χ4n) is 4.12. The molecule has 142 valence electrons. The average molecular weight is 428 g/mol. The number of H-pyrrole nitrogens is 1. The molecule has 1 N–H and O–H groups in total. The highest BCUT2D eigenvalue weighted by Crippen LogP contribution is 2.42. The summed E-state index contributed by atoms with van der Waals surface area (Å²) < 4.78 is 16.3. The van der Waals surface area contributed by atoms with Gasteiger partial charge in [0.05, 0.1) is 17.1 Å². The van der Waals surface area contributed by atoms with Crippen molar-refractivity contribution in [3.8, 4) is 10.7 Å². The summed E-state index contributed by atoms with van der Waals surface area (Å²) in [6.45, 7) is 0. The van der Waals surface area contributed by atoms with Crippen LogP contribution in [-0.4, -0.2) is 34.4 Å². The first-order chi connectivity index (χ1) is 13.8. The third kappa shape index (κ3) is 2.53. The second-order valence-corrected chi connectivity index (χ2v) is 11.0. The third-order valence-corrected chi connectivity index (χ3v) is 9.53. The van der Waals surface area contributed by atoms with E-state index in [2.05, 4.69) is 21.1 Å². The van der Waals surface area contributed by atoms with Crippen molar-refractivity contribution in [1.29, 1.82) is 0 Å². The molecule has 5 aromatic heterocycles. The number of thiophene rings is 1. The van der Waals surface area contributed by atoms with Crippen LogP contribution in [0, 0.1) is 0 Å². The van der Waals surface area contributed by atoms with E-state index in [9.17, 15) is 4.55 Å². The van der Waals surface area contributed by atoms with Gasteiger partial charge in [0.1, 0.15) is 32.6 Å². The highest BCUT2D eigenvalue weighted by atomic mass is 32.2. The highest BCUT2D eigenvalue weighted by Gasteiger charge is 2.32. The monoisotopic (exact) mass is 427 g/mol. The Kier molecular flexibility index (Phi) is 3.97. The highest BCUT2D eigenvalue weighted by molar-refractivity contribution is 7.94. The Morgan fingerprint density at radius 1 is 1.25 bits per heavy atom. The number of aromatic amines is 1. The molecule has 6 nitrogen and oxygen atoms in total. The van der Waals surface area contributed by atoms with Gasteiger partial charge in [0.15, 0.2) is 0 Å². The van der Waals surface area contributed by atoms with Crippen molar-refractivity contribution in [1.82, 2.24) is 24.6 Å². The minimum atomic E-state index is -1.03. The van der Waals surface area contributed by atoms with E-state index < -0.39 is 11.2 Å². The SMILES string of the molecule is [O-][S@@+](c1sc2nc(-c3nccs3)cc3c2c1[nH]n1cncc31)C1CCCCC1. The van der Waals surface area contributed by atoms with Crippen molar-refractivity contribution in [3.63, 3.8) is 0 Å². The number of nitrogens with one attached hydrogen (secondary N) is 1. The number of hydrogen-bond donors (Lipinski definition) is 1. The van der Waals surface area contributed by atoms with E-state index in [1.807, 2.05) is 16.1 Å². The Balaban J connectivity index is 1.63. The summed E-state index contributed by atoms with van der Waals surface area (Å²) in [6.07, 6.45) is 11.1. The number of pyridine rings is 1. The molecule has 1 saturated carbocycles. The lowest BCUT2D eigenvalue weighted by atomic mass is 10.0. The van der Waals surface area contributed by atoms with Gasteiger partial charge in [0.25, 0.3) is 0 Å². The summed E-state index contributed by atoms with van der Waals surface area (Å²) in [4.78, 5) is 14.5. The molecule has 0 radical (unpaired) electrons. The van der Waals surface area contributed by atoms with Crippen molar-refractivity contribution < 1.29 is 4.55 Å². The first kappa shape index (κ1) is 17.0. The Morgan fingerprint density at radius 3 is 2.96 bits per heavy atom. The van der Waals surface area contributed by atoms with Crippen molar-refractivity contribution in [2.75, 3.05) is 0 Å². The number of hydrogen-bond acceptors (Lipinski definition) is 6. The van der Waals surface area contributed by atoms with Gasteiger partial charge < -0.3 is 4.55 Å². The largest absolute Gasteiger partial charge is 0.611 e. The van der Waals surface area contributed by atoms with Crippen LogP contribution in [0.25, 0.3) is 37.3 Å². The lowest BCUT2D eigenvalue weighted by Crippen LogP contribution is -2.23. The van der Waals surface area contributed by atoms with Crippen LogP contribution in [0.3, 0.4) is 0 Å². The van der Waals surface area contributed by atoms with Crippen LogP contribution in [0.15, 0.2) is 34.4 Å². The van der Waals surface area contributed by atoms with E-state index >= 15 is 0 Å². The van der Waals surface area contributed by atoms with Gasteiger partial charge >= 0.3 is 0 Å². The van der Waals surface area contributed by atoms with Gasteiger partial charge in [-0.1, -0.05) is 17.8 Å². The molecule has 9 heteroatoms. The molecular formula is C19H17N5OS3. The average Bonchev–Trinajstić information content (AvgIpc) is 3.48. The first-order valence-corrected chi connectivity index (χ1v) is 12.3. The number of aromatic nitrogens is 5. The number of imidazole rings is 1. The predicted molar refractivity (Wildman–Crippen MR) is 115 cm³/mol. The second kappa shape index (κ2) is 6.55. The summed E-state index contributed by atoms with van der Waals surface area (Å²) in [5.41, 5.74) is 2.78. The molecule has 1 aliphatic carbocycles. The minimum absolute atomic E-state index is 0.242. The standard InChI is InChI=1S/C19H17N5OS3/c25-28(11-4-2-1-3-5-11)19-16-15-12(14-9-20-10-24(14)23-16)8-13(22-18(15)27-19)17-21-6-7-26-17/h6-11,23H,1-5H2/t28-/m1/s1. The minimum Gasteiger partial charge on any atom is -0.611 e. The molecule has 5 heterocycles. The van der Waals surface area contributed by atoms with Crippen LogP contribution in [0.2, 0.25) is 0 Å². The summed E-state index contributed by atoms with van der Waals surface area (Å²) in [5.74, 6) is 0. The molecule has 1 fully saturated rings. The van der Waals surface area contributed by atoms with E-state index in [4.69, 9.17) is 4.98 Å². The third-order valence-electron chi connectivity index (χ3n) is 5.47. The van der Waals surface area contributed by atoms with E-state index in [0.717, 1.165) is 54.4 Å². The molecule has 0 aliphatic heterocycles. The molecule has 6 rings (SSSR count). The van der Waals surface area contributed by atoms with Gasteiger partial charge in [-0.2, -0.15) is 0 Å². The number of thiazole rings is 1. The fourth-order valence-corrected chi connectivity index (χ4v) is 7.98. The summed E-state index contributed by atoms with van der Waals surface area (Å²) in [6, 6.07) is 2.08. The van der Waals surface area contributed by atoms with Gasteiger partial charge in [-0.25, -0.2) is 19.5 Å². The lowest BCUT2D eigenvalue weighted by Gasteiger charge is -2.23. The normalized spacial score (nSPS) is 17.2. The second-order valence-electron chi connectivity index (χ2n) is 7.16. The smallest absolute Gasteiger partial charge is 0.234 e. The molecule has 5 aromatic rings. The van der Waals surface area contributed by atoms with Gasteiger partial charge in [-0.15, -0.1) is 11.3 Å².